The van der Waals surface area contributed by atoms with Crippen LogP contribution in [0, 0.1) is 5.92 Å². The molecule has 0 saturated heterocycles. The molecule has 10 heteroatoms. The molecule has 0 fully saturated rings. The normalized spacial score (nSPS) is 13.0. The van der Waals surface area contributed by atoms with Crippen molar-refractivity contribution in [1.82, 2.24) is 0 Å². The van der Waals surface area contributed by atoms with Crippen LogP contribution in [0.4, 0.5) is 8.78 Å². The Bertz CT molecular complexity index is 599. The second kappa shape index (κ2) is 20.8. The SMILES string of the molecule is C=O.COC.COP(=O)(CPC(F)(F)C(=O)/C=C(\C)CC/C=C(\C)CCCC(C)C)OC. The summed E-state index contributed by atoms with van der Waals surface area (Å²) in [5.41, 5.74) is -1.66. The summed E-state index contributed by atoms with van der Waals surface area (Å²) in [5, 5.41) is 0. The van der Waals surface area contributed by atoms with Crippen LogP contribution in [-0.4, -0.2) is 52.6 Å². The van der Waals surface area contributed by atoms with Gasteiger partial charge in [0.1, 0.15) is 6.79 Å². The molecule has 0 aliphatic rings. The number of ketones is 1. The van der Waals surface area contributed by atoms with Gasteiger partial charge in [0.05, 0.1) is 5.90 Å². The van der Waals surface area contributed by atoms with Gasteiger partial charge >= 0.3 is 13.3 Å². The van der Waals surface area contributed by atoms with Crippen molar-refractivity contribution < 1.29 is 36.7 Å². The molecule has 0 rings (SSSR count). The molecule has 190 valence electrons. The molecule has 0 aromatic heterocycles. The molecule has 0 radical (unpaired) electrons. The summed E-state index contributed by atoms with van der Waals surface area (Å²) in [6.45, 7) is 10.1. The number of allylic oxidation sites excluding steroid dienone is 4. The number of halogens is 2. The third-order valence-corrected chi connectivity index (χ3v) is 8.11. The number of alkyl halides is 2. The lowest BCUT2D eigenvalue weighted by molar-refractivity contribution is -0.127. The lowest BCUT2D eigenvalue weighted by atomic mass is 10.0. The van der Waals surface area contributed by atoms with Crippen molar-refractivity contribution in [3.8, 4) is 0 Å². The quantitative estimate of drug-likeness (QED) is 0.147. The molecule has 1 unspecified atom stereocenters. The van der Waals surface area contributed by atoms with Gasteiger partial charge in [-0.1, -0.05) is 37.5 Å². The standard InChI is InChI=1S/C19H34F2O4P2.C2H6O.CH2O/c1-15(2)9-7-10-16(3)11-8-12-17(4)13-18(22)19(20,21)26-14-27(23,24-5)25-6;1-3-2;1-2/h11,13,15,26H,7-10,12,14H2,1-6H3;1-2H3;1H2/b16-11+,17-13+;;. The fraction of sp³-hybridized carbons (Fsp3) is 0.727. The molecular weight excluding hydrogens is 460 g/mol. The number of methoxy groups -OCH3 is 1. The Hall–Kier alpha value is -0.780. The van der Waals surface area contributed by atoms with Gasteiger partial charge in [-0.05, 0) is 60.1 Å². The van der Waals surface area contributed by atoms with Gasteiger partial charge in [-0.25, -0.2) is 0 Å². The van der Waals surface area contributed by atoms with Gasteiger partial charge in [0.15, 0.2) is 0 Å². The first-order chi connectivity index (χ1) is 14.9. The highest BCUT2D eigenvalue weighted by molar-refractivity contribution is 7.66. The van der Waals surface area contributed by atoms with Crippen molar-refractivity contribution in [3.05, 3.63) is 23.3 Å². The molecule has 0 spiro atoms. The Labute approximate surface area is 194 Å². The van der Waals surface area contributed by atoms with Crippen molar-refractivity contribution in [1.29, 1.82) is 0 Å². The Kier molecular flexibility index (Phi) is 23.3. The summed E-state index contributed by atoms with van der Waals surface area (Å²) < 4.78 is 53.4. The molecule has 0 aromatic carbocycles. The zero-order valence-corrected chi connectivity index (χ0v) is 22.7. The number of carbonyl (C=O) groups is 2. The van der Waals surface area contributed by atoms with Crippen LogP contribution in [-0.2, 0) is 27.9 Å². The fourth-order valence-corrected chi connectivity index (χ4v) is 5.31. The van der Waals surface area contributed by atoms with Crippen LogP contribution >= 0.6 is 16.2 Å². The fourth-order valence-electron chi connectivity index (χ4n) is 2.31. The van der Waals surface area contributed by atoms with E-state index in [1.54, 1.807) is 21.1 Å². The average Bonchev–Trinajstić information content (AvgIpc) is 2.73. The summed E-state index contributed by atoms with van der Waals surface area (Å²) in [5.74, 6) is -1.04. The van der Waals surface area contributed by atoms with Gasteiger partial charge in [0.25, 0.3) is 0 Å². The Morgan fingerprint density at radius 2 is 1.56 bits per heavy atom. The Balaban J connectivity index is -0.00000154. The maximum Gasteiger partial charge on any atom is 0.334 e. The van der Waals surface area contributed by atoms with Crippen LogP contribution in [0.3, 0.4) is 0 Å². The highest BCUT2D eigenvalue weighted by Gasteiger charge is 2.39. The number of rotatable bonds is 14. The third kappa shape index (κ3) is 19.9. The highest BCUT2D eigenvalue weighted by atomic mass is 31.2. The van der Waals surface area contributed by atoms with Crippen LogP contribution in [0.15, 0.2) is 23.3 Å². The lowest BCUT2D eigenvalue weighted by Crippen LogP contribution is -2.22. The maximum absolute atomic E-state index is 14.0. The summed E-state index contributed by atoms with van der Waals surface area (Å²) in [6, 6.07) is 0. The third-order valence-electron chi connectivity index (χ3n) is 4.12. The molecule has 0 saturated carbocycles. The van der Waals surface area contributed by atoms with E-state index in [-0.39, 0.29) is 0 Å². The first-order valence-corrected chi connectivity index (χ1v) is 13.2. The van der Waals surface area contributed by atoms with Gasteiger partial charge in [-0.2, -0.15) is 8.78 Å². The summed E-state index contributed by atoms with van der Waals surface area (Å²) >= 11 is 0. The van der Waals surface area contributed by atoms with Crippen molar-refractivity contribution in [3.63, 3.8) is 0 Å². The van der Waals surface area contributed by atoms with E-state index in [0.717, 1.165) is 39.6 Å². The zero-order chi connectivity index (χ0) is 25.8. The molecule has 6 nitrogen and oxygen atoms in total. The summed E-state index contributed by atoms with van der Waals surface area (Å²) in [7, 11) is 0.825. The van der Waals surface area contributed by atoms with Crippen LogP contribution in [0.5, 0.6) is 0 Å². The number of ether oxygens (including phenoxy) is 1. The molecular formula is C22H42F2O6P2. The van der Waals surface area contributed by atoms with E-state index < -0.39 is 33.5 Å². The molecule has 0 amide bonds. The van der Waals surface area contributed by atoms with E-state index >= 15 is 0 Å². The molecule has 0 bridgehead atoms. The molecule has 0 N–H and O–H groups in total. The van der Waals surface area contributed by atoms with E-state index in [4.69, 9.17) is 4.79 Å². The molecule has 0 aliphatic carbocycles. The number of carbonyl (C=O) groups excluding carboxylic acids is 2. The van der Waals surface area contributed by atoms with E-state index in [1.165, 1.54) is 12.0 Å². The molecule has 0 heterocycles. The van der Waals surface area contributed by atoms with Crippen molar-refractivity contribution in [2.24, 2.45) is 5.92 Å². The van der Waals surface area contributed by atoms with Crippen molar-refractivity contribution >= 4 is 28.7 Å². The van der Waals surface area contributed by atoms with Crippen LogP contribution in [0.2, 0.25) is 0 Å². The highest BCUT2D eigenvalue weighted by Crippen LogP contribution is 2.55. The van der Waals surface area contributed by atoms with Crippen LogP contribution in [0.1, 0.15) is 59.8 Å². The van der Waals surface area contributed by atoms with Crippen molar-refractivity contribution in [2.75, 3.05) is 34.3 Å². The van der Waals surface area contributed by atoms with Crippen molar-refractivity contribution in [2.45, 2.75) is 65.5 Å². The van der Waals surface area contributed by atoms with Gasteiger partial charge in [0.2, 0.25) is 5.78 Å². The van der Waals surface area contributed by atoms with Gasteiger partial charge in [-0.3, -0.25) is 9.36 Å². The zero-order valence-electron chi connectivity index (χ0n) is 20.8. The molecule has 0 aliphatic heterocycles. The summed E-state index contributed by atoms with van der Waals surface area (Å²) in [4.78, 5) is 19.9. The van der Waals surface area contributed by atoms with E-state index in [1.807, 2.05) is 6.79 Å². The minimum atomic E-state index is -3.56. The van der Waals surface area contributed by atoms with Crippen LogP contribution < -0.4 is 0 Å². The van der Waals surface area contributed by atoms with E-state index in [2.05, 4.69) is 40.6 Å². The predicted octanol–water partition coefficient (Wildman–Crippen LogP) is 6.85. The lowest BCUT2D eigenvalue weighted by Gasteiger charge is -2.17. The number of hydrogen-bond donors (Lipinski definition) is 0. The van der Waals surface area contributed by atoms with E-state index in [9.17, 15) is 18.1 Å². The maximum atomic E-state index is 14.0. The van der Waals surface area contributed by atoms with Gasteiger partial charge in [0, 0.05) is 28.4 Å². The number of hydrogen-bond acceptors (Lipinski definition) is 6. The Morgan fingerprint density at radius 1 is 1.06 bits per heavy atom. The molecule has 0 aromatic rings. The molecule has 32 heavy (non-hydrogen) atoms. The van der Waals surface area contributed by atoms with Gasteiger partial charge < -0.3 is 18.6 Å². The minimum Gasteiger partial charge on any atom is -0.388 e. The smallest absolute Gasteiger partial charge is 0.334 e. The average molecular weight is 503 g/mol. The predicted molar refractivity (Wildman–Crippen MR) is 130 cm³/mol. The topological polar surface area (TPSA) is 78.9 Å². The minimum absolute atomic E-state index is 0.482. The monoisotopic (exact) mass is 502 g/mol. The second-order valence-corrected chi connectivity index (χ2v) is 11.7. The molecule has 1 atom stereocenters. The summed E-state index contributed by atoms with van der Waals surface area (Å²) in [6.07, 6.45) is 7.76. The largest absolute Gasteiger partial charge is 0.388 e. The van der Waals surface area contributed by atoms with Gasteiger partial charge in [-0.15, -0.1) is 0 Å². The van der Waals surface area contributed by atoms with Crippen LogP contribution in [0.25, 0.3) is 0 Å². The van der Waals surface area contributed by atoms with E-state index in [0.29, 0.717) is 17.9 Å². The first kappa shape index (κ1) is 35.8. The Morgan fingerprint density at radius 3 is 2.00 bits per heavy atom. The second-order valence-electron chi connectivity index (χ2n) is 7.52. The first-order valence-electron chi connectivity index (χ1n) is 10.3.